The Morgan fingerprint density at radius 1 is 1.00 bits per heavy atom. The van der Waals surface area contributed by atoms with Gasteiger partial charge in [-0.3, -0.25) is 4.84 Å². The van der Waals surface area contributed by atoms with E-state index in [2.05, 4.69) is 72.7 Å². The third-order valence-electron chi connectivity index (χ3n) is 4.72. The molecule has 4 atom stereocenters. The molecule has 2 aliphatic rings. The van der Waals surface area contributed by atoms with Gasteiger partial charge in [-0.1, -0.05) is 60.7 Å². The van der Waals surface area contributed by atoms with Gasteiger partial charge in [0.1, 0.15) is 0 Å². The van der Waals surface area contributed by atoms with Crippen LogP contribution < -0.4 is 0 Å². The molecule has 0 saturated carbocycles. The first kappa shape index (κ1) is 12.1. The fourth-order valence-electron chi connectivity index (χ4n) is 3.72. The number of hydrogen-bond acceptors (Lipinski definition) is 2. The van der Waals surface area contributed by atoms with Gasteiger partial charge in [-0.2, -0.15) is 5.06 Å². The maximum atomic E-state index is 6.14. The first-order chi connectivity index (χ1) is 9.77. The average Bonchev–Trinajstić information content (AvgIpc) is 3.07. The van der Waals surface area contributed by atoms with Crippen LogP contribution in [-0.2, 0) is 10.4 Å². The molecule has 2 nitrogen and oxygen atoms in total. The summed E-state index contributed by atoms with van der Waals surface area (Å²) in [6.45, 7) is 2.30. The Bertz CT molecular complexity index is 597. The fraction of sp³-hybridized carbons (Fsp3) is 0.333. The van der Waals surface area contributed by atoms with Crippen LogP contribution >= 0.6 is 0 Å². The summed E-state index contributed by atoms with van der Waals surface area (Å²) < 4.78 is 0. The summed E-state index contributed by atoms with van der Waals surface area (Å²) in [7, 11) is 0. The predicted molar refractivity (Wildman–Crippen MR) is 78.9 cm³/mol. The molecule has 0 spiro atoms. The van der Waals surface area contributed by atoms with Crippen LogP contribution in [0.4, 0.5) is 0 Å². The van der Waals surface area contributed by atoms with Gasteiger partial charge >= 0.3 is 0 Å². The van der Waals surface area contributed by atoms with Crippen molar-refractivity contribution in [2.45, 2.75) is 37.5 Å². The molecule has 0 radical (unpaired) electrons. The van der Waals surface area contributed by atoms with Gasteiger partial charge in [0.2, 0.25) is 0 Å². The highest BCUT2D eigenvalue weighted by atomic mass is 16.7. The van der Waals surface area contributed by atoms with E-state index in [4.69, 9.17) is 4.84 Å². The van der Waals surface area contributed by atoms with Gasteiger partial charge in [-0.05, 0) is 24.5 Å². The second-order valence-electron chi connectivity index (χ2n) is 6.06. The van der Waals surface area contributed by atoms with E-state index < -0.39 is 0 Å². The Morgan fingerprint density at radius 3 is 2.30 bits per heavy atom. The van der Waals surface area contributed by atoms with Gasteiger partial charge in [-0.15, -0.1) is 0 Å². The molecule has 0 amide bonds. The lowest BCUT2D eigenvalue weighted by atomic mass is 9.80. The van der Waals surface area contributed by atoms with Crippen LogP contribution in [0, 0.1) is 0 Å². The maximum Gasteiger partial charge on any atom is 0.0834 e. The summed E-state index contributed by atoms with van der Waals surface area (Å²) >= 11 is 0. The van der Waals surface area contributed by atoms with Crippen molar-refractivity contribution < 1.29 is 4.84 Å². The van der Waals surface area contributed by atoms with Crippen molar-refractivity contribution >= 4 is 0 Å². The maximum absolute atomic E-state index is 6.14. The Labute approximate surface area is 119 Å². The number of hydroxylamine groups is 2. The van der Waals surface area contributed by atoms with E-state index in [0.29, 0.717) is 12.1 Å². The van der Waals surface area contributed by atoms with E-state index in [1.165, 1.54) is 11.1 Å². The van der Waals surface area contributed by atoms with Crippen LogP contribution in [0.2, 0.25) is 0 Å². The molecule has 102 valence electrons. The lowest BCUT2D eigenvalue weighted by Crippen LogP contribution is -2.41. The summed E-state index contributed by atoms with van der Waals surface area (Å²) in [5.41, 5.74) is 2.70. The van der Waals surface area contributed by atoms with Crippen LogP contribution in [0.3, 0.4) is 0 Å². The summed E-state index contributed by atoms with van der Waals surface area (Å²) in [6, 6.07) is 21.8. The summed E-state index contributed by atoms with van der Waals surface area (Å²) in [5.74, 6) is 0. The highest BCUT2D eigenvalue weighted by molar-refractivity contribution is 5.29. The number of piperidine rings is 1. The van der Waals surface area contributed by atoms with E-state index in [0.717, 1.165) is 12.8 Å². The third-order valence-corrected chi connectivity index (χ3v) is 4.72. The fourth-order valence-corrected chi connectivity index (χ4v) is 3.72. The Balaban J connectivity index is 1.72. The zero-order valence-corrected chi connectivity index (χ0v) is 11.7. The van der Waals surface area contributed by atoms with Crippen LogP contribution in [-0.4, -0.2) is 11.2 Å². The van der Waals surface area contributed by atoms with Gasteiger partial charge in [0.05, 0.1) is 17.7 Å². The van der Waals surface area contributed by atoms with Crippen LogP contribution in [0.1, 0.15) is 36.9 Å². The zero-order chi connectivity index (χ0) is 13.6. The molecule has 2 aromatic rings. The van der Waals surface area contributed by atoms with Crippen molar-refractivity contribution in [3.63, 3.8) is 0 Å². The molecule has 2 aliphatic heterocycles. The van der Waals surface area contributed by atoms with Crippen molar-refractivity contribution in [3.05, 3.63) is 71.8 Å². The van der Waals surface area contributed by atoms with Gasteiger partial charge in [0.25, 0.3) is 0 Å². The standard InChI is InChI=1S/C18H19NO/c1-18(15-10-6-3-7-11-15)13-16-12-17(19(18)20-16)14-8-4-2-5-9-14/h2-11,16-17H,12-13H2,1H3/t16-,17+,18+/m0/s1. The lowest BCUT2D eigenvalue weighted by Gasteiger charge is -2.39. The second kappa shape index (κ2) is 4.44. The SMILES string of the molecule is C[C@]1(c2ccccc2)C[C@@H]2C[C@H](c3ccccc3)N1O2. The van der Waals surface area contributed by atoms with E-state index in [-0.39, 0.29) is 5.54 Å². The molecule has 1 unspecified atom stereocenters. The molecular formula is C18H19NO. The van der Waals surface area contributed by atoms with Crippen molar-refractivity contribution in [2.75, 3.05) is 0 Å². The molecule has 2 aromatic carbocycles. The first-order valence-electron chi connectivity index (χ1n) is 7.34. The Kier molecular flexibility index (Phi) is 2.69. The summed E-state index contributed by atoms with van der Waals surface area (Å²) in [5, 5.41) is 2.24. The van der Waals surface area contributed by atoms with E-state index >= 15 is 0 Å². The van der Waals surface area contributed by atoms with Gasteiger partial charge in [-0.25, -0.2) is 0 Å². The highest BCUT2D eigenvalue weighted by Crippen LogP contribution is 2.53. The number of rotatable bonds is 2. The van der Waals surface area contributed by atoms with Gasteiger partial charge < -0.3 is 0 Å². The second-order valence-corrected chi connectivity index (χ2v) is 6.06. The number of nitrogens with zero attached hydrogens (tertiary/aromatic N) is 1. The molecule has 0 aromatic heterocycles. The van der Waals surface area contributed by atoms with Crippen molar-refractivity contribution in [1.82, 2.24) is 5.06 Å². The molecule has 4 rings (SSSR count). The molecule has 2 heterocycles. The molecule has 20 heavy (non-hydrogen) atoms. The van der Waals surface area contributed by atoms with Crippen molar-refractivity contribution in [2.24, 2.45) is 0 Å². The molecule has 2 bridgehead atoms. The molecule has 2 saturated heterocycles. The minimum atomic E-state index is -0.00924. The molecular weight excluding hydrogens is 246 g/mol. The Morgan fingerprint density at radius 2 is 1.65 bits per heavy atom. The smallest absolute Gasteiger partial charge is 0.0834 e. The Hall–Kier alpha value is -1.64. The van der Waals surface area contributed by atoms with E-state index in [1.54, 1.807) is 0 Å². The third kappa shape index (κ3) is 1.72. The van der Waals surface area contributed by atoms with Crippen LogP contribution in [0.25, 0.3) is 0 Å². The molecule has 0 N–H and O–H groups in total. The normalized spacial score (nSPS) is 35.4. The molecule has 2 heteroatoms. The van der Waals surface area contributed by atoms with Gasteiger partial charge in [0.15, 0.2) is 0 Å². The number of hydrogen-bond donors (Lipinski definition) is 0. The minimum absolute atomic E-state index is 0.00924. The zero-order valence-electron chi connectivity index (χ0n) is 11.7. The predicted octanol–water partition coefficient (Wildman–Crippen LogP) is 4.05. The number of fused-ring (bicyclic) bond motifs is 2. The van der Waals surface area contributed by atoms with E-state index in [1.807, 2.05) is 0 Å². The monoisotopic (exact) mass is 265 g/mol. The highest BCUT2D eigenvalue weighted by Gasteiger charge is 2.54. The van der Waals surface area contributed by atoms with Crippen molar-refractivity contribution in [3.8, 4) is 0 Å². The minimum Gasteiger partial charge on any atom is -0.294 e. The van der Waals surface area contributed by atoms with Crippen LogP contribution in [0.5, 0.6) is 0 Å². The molecule has 0 aliphatic carbocycles. The summed E-state index contributed by atoms with van der Waals surface area (Å²) in [4.78, 5) is 6.14. The number of benzene rings is 2. The summed E-state index contributed by atoms with van der Waals surface area (Å²) in [6.07, 6.45) is 2.54. The topological polar surface area (TPSA) is 12.5 Å². The van der Waals surface area contributed by atoms with Gasteiger partial charge in [0, 0.05) is 6.42 Å². The molecule has 2 fully saturated rings. The van der Waals surface area contributed by atoms with Crippen molar-refractivity contribution in [1.29, 1.82) is 0 Å². The first-order valence-corrected chi connectivity index (χ1v) is 7.34. The lowest BCUT2D eigenvalue weighted by molar-refractivity contribution is -0.166. The van der Waals surface area contributed by atoms with Crippen LogP contribution in [0.15, 0.2) is 60.7 Å². The largest absolute Gasteiger partial charge is 0.294 e. The van der Waals surface area contributed by atoms with E-state index in [9.17, 15) is 0 Å². The quantitative estimate of drug-likeness (QED) is 0.812. The average molecular weight is 265 g/mol.